The zero-order chi connectivity index (χ0) is 26.1. The number of rotatable bonds is 5. The normalized spacial score (nSPS) is 16.8. The second-order valence-corrected chi connectivity index (χ2v) is 9.19. The van der Waals surface area contributed by atoms with Crippen molar-refractivity contribution in [2.45, 2.75) is 32.5 Å². The molecule has 1 aromatic carbocycles. The van der Waals surface area contributed by atoms with E-state index in [4.69, 9.17) is 4.99 Å². The molecule has 13 heteroatoms. The maximum absolute atomic E-state index is 14.0. The Morgan fingerprint density at radius 1 is 1.11 bits per heavy atom. The van der Waals surface area contributed by atoms with E-state index < -0.39 is 29.4 Å². The van der Waals surface area contributed by atoms with Crippen LogP contribution in [0.4, 0.5) is 27.8 Å². The van der Waals surface area contributed by atoms with Crippen LogP contribution in [-0.4, -0.2) is 44.4 Å². The van der Waals surface area contributed by atoms with E-state index in [1.54, 1.807) is 4.57 Å². The summed E-state index contributed by atoms with van der Waals surface area (Å²) in [5, 5.41) is 0. The van der Waals surface area contributed by atoms with Gasteiger partial charge in [-0.3, -0.25) is 9.78 Å². The Hall–Kier alpha value is -2.91. The van der Waals surface area contributed by atoms with Crippen LogP contribution < -0.4 is 4.90 Å². The molecule has 0 unspecified atom stereocenters. The van der Waals surface area contributed by atoms with Crippen LogP contribution in [0, 0.1) is 54.7 Å². The number of carbonyl (C=O) groups is 1. The molecule has 7 nitrogen and oxygen atoms in total. The molecule has 0 spiro atoms. The van der Waals surface area contributed by atoms with Crippen LogP contribution in [0.2, 0.25) is 0 Å². The van der Waals surface area contributed by atoms with Crippen LogP contribution in [0.5, 0.6) is 0 Å². The molecular weight excluding hydrogens is 733 g/mol. The number of alkyl halides is 3. The van der Waals surface area contributed by atoms with Gasteiger partial charge in [0.15, 0.2) is 17.3 Å². The minimum Gasteiger partial charge on any atom is -0.411 e. The van der Waals surface area contributed by atoms with Gasteiger partial charge < -0.3 is 19.4 Å². The standard InChI is InChI=1S/C25H20F5N6O.U/c1-2-34-23(37)20-22(36-12-18(14-4-5-14)32-24(34)36)35(11-13-3-7-16(26)17(27)9-13)21(33-20)15-6-8-19(31-10-15)25(28,29)30;/h3,6-10,14H,2,4-5,11-12H2,1H3;/q-1;. The van der Waals surface area contributed by atoms with Crippen molar-refractivity contribution < 1.29 is 57.9 Å². The van der Waals surface area contributed by atoms with Gasteiger partial charge in [0.2, 0.25) is 0 Å². The number of hydrogen-bond donors (Lipinski definition) is 0. The summed E-state index contributed by atoms with van der Waals surface area (Å²) in [6.07, 6.45) is -1.54. The van der Waals surface area contributed by atoms with Gasteiger partial charge in [-0.1, -0.05) is 24.8 Å². The van der Waals surface area contributed by atoms with Gasteiger partial charge in [0.25, 0.3) is 5.91 Å². The third-order valence-corrected chi connectivity index (χ3v) is 6.69. The van der Waals surface area contributed by atoms with Crippen molar-refractivity contribution in [3.05, 3.63) is 71.2 Å². The molecule has 4 heterocycles. The van der Waals surface area contributed by atoms with E-state index in [9.17, 15) is 26.7 Å². The number of aliphatic imine (C=N–C) groups is 1. The molecule has 2 aliphatic heterocycles. The maximum Gasteiger partial charge on any atom is 0.433 e. The Morgan fingerprint density at radius 3 is 2.47 bits per heavy atom. The first-order valence-corrected chi connectivity index (χ1v) is 11.8. The number of imidazole rings is 1. The van der Waals surface area contributed by atoms with Crippen LogP contribution in [0.15, 0.2) is 41.5 Å². The van der Waals surface area contributed by atoms with Crippen molar-refractivity contribution in [2.24, 2.45) is 10.9 Å². The monoisotopic (exact) mass is 753 g/mol. The maximum atomic E-state index is 14.0. The van der Waals surface area contributed by atoms with Crippen molar-refractivity contribution in [3.8, 4) is 11.4 Å². The van der Waals surface area contributed by atoms with Crippen LogP contribution in [0.25, 0.3) is 11.4 Å². The minimum atomic E-state index is -4.62. The van der Waals surface area contributed by atoms with Crippen LogP contribution >= 0.6 is 0 Å². The van der Waals surface area contributed by atoms with Crippen molar-refractivity contribution in [3.63, 3.8) is 0 Å². The van der Waals surface area contributed by atoms with Crippen LogP contribution in [-0.2, 0) is 12.7 Å². The molecule has 3 aliphatic rings. The number of anilines is 1. The molecule has 0 N–H and O–H groups in total. The van der Waals surface area contributed by atoms with Crippen molar-refractivity contribution in [2.75, 3.05) is 18.0 Å². The summed E-state index contributed by atoms with van der Waals surface area (Å²) in [6.45, 7) is 2.58. The Balaban J connectivity index is 0.00000294. The summed E-state index contributed by atoms with van der Waals surface area (Å²) in [5.41, 5.74) is -0.333. The predicted octanol–water partition coefficient (Wildman–Crippen LogP) is 4.88. The van der Waals surface area contributed by atoms with Gasteiger partial charge in [-0.05, 0) is 43.3 Å². The van der Waals surface area contributed by atoms with Crippen molar-refractivity contribution in [1.29, 1.82) is 0 Å². The van der Waals surface area contributed by atoms with Gasteiger partial charge in [-0.15, -0.1) is 6.04 Å². The van der Waals surface area contributed by atoms with E-state index in [0.29, 0.717) is 36.3 Å². The number of fused-ring (bicyclic) bond motifs is 3. The fourth-order valence-electron chi connectivity index (χ4n) is 4.72. The van der Waals surface area contributed by atoms with E-state index in [0.717, 1.165) is 43.3 Å². The molecule has 2 aromatic heterocycles. The number of nitrogens with zero attached hydrogens (tertiary/aromatic N) is 6. The quantitative estimate of drug-likeness (QED) is 0.276. The SMILES string of the molecule is CCN1C(=O)c2nc(-c3ccc(C(F)(F)F)nc3)n(Cc3ccc(F)c(F)c3)c2N2C[C-](C3CC3)N=C12.[U]. The molecule has 1 fully saturated rings. The van der Waals surface area contributed by atoms with Crippen LogP contribution in [0.1, 0.15) is 41.5 Å². The number of carbonyl (C=O) groups excluding carboxylic acids is 1. The Morgan fingerprint density at radius 2 is 1.87 bits per heavy atom. The molecule has 6 rings (SSSR count). The molecule has 0 saturated heterocycles. The Bertz CT molecular complexity index is 1430. The molecule has 3 aromatic rings. The number of amides is 1. The number of aromatic nitrogens is 3. The molecule has 0 bridgehead atoms. The number of guanidine groups is 1. The van der Waals surface area contributed by atoms with Gasteiger partial charge in [0.1, 0.15) is 17.3 Å². The summed E-state index contributed by atoms with van der Waals surface area (Å²) in [6, 6.07) is 6.47. The van der Waals surface area contributed by atoms with Gasteiger partial charge in [-0.2, -0.15) is 13.2 Å². The first-order valence-electron chi connectivity index (χ1n) is 11.8. The molecule has 0 atom stereocenters. The van der Waals surface area contributed by atoms with E-state index in [-0.39, 0.29) is 54.7 Å². The predicted molar refractivity (Wildman–Crippen MR) is 123 cm³/mol. The van der Waals surface area contributed by atoms with E-state index in [1.165, 1.54) is 17.0 Å². The van der Waals surface area contributed by atoms with E-state index in [1.807, 2.05) is 11.8 Å². The largest absolute Gasteiger partial charge is 0.433 e. The average Bonchev–Trinajstić information content (AvgIpc) is 3.51. The number of hydrogen-bond acceptors (Lipinski definition) is 5. The smallest absolute Gasteiger partial charge is 0.411 e. The van der Waals surface area contributed by atoms with Gasteiger partial charge >= 0.3 is 6.18 Å². The average molecular weight is 753 g/mol. The molecular formula is C25H20F5N6OU-. The first-order chi connectivity index (χ1) is 17.7. The molecule has 1 aliphatic carbocycles. The van der Waals surface area contributed by atoms with Crippen LogP contribution in [0.3, 0.4) is 0 Å². The fourth-order valence-corrected chi connectivity index (χ4v) is 4.72. The molecule has 196 valence electrons. The first kappa shape index (κ1) is 26.7. The van der Waals surface area contributed by atoms with Crippen molar-refractivity contribution >= 4 is 17.7 Å². The molecule has 1 amide bonds. The third kappa shape index (κ3) is 4.49. The van der Waals surface area contributed by atoms with Crippen molar-refractivity contribution in [1.82, 2.24) is 19.4 Å². The Kier molecular flexibility index (Phi) is 6.80. The second-order valence-electron chi connectivity index (χ2n) is 9.19. The Labute approximate surface area is 238 Å². The minimum absolute atomic E-state index is 0. The second kappa shape index (κ2) is 9.68. The number of benzene rings is 1. The summed E-state index contributed by atoms with van der Waals surface area (Å²) in [5.74, 6) is -1.04. The summed E-state index contributed by atoms with van der Waals surface area (Å²) < 4.78 is 68.6. The zero-order valence-corrected chi connectivity index (χ0v) is 24.2. The summed E-state index contributed by atoms with van der Waals surface area (Å²) in [7, 11) is 0. The van der Waals surface area contributed by atoms with Gasteiger partial charge in [0.05, 0.1) is 12.5 Å². The van der Waals surface area contributed by atoms with Gasteiger partial charge in [0, 0.05) is 49.4 Å². The number of halogens is 5. The topological polar surface area (TPSA) is 66.6 Å². The number of pyridine rings is 1. The molecule has 0 radical (unpaired) electrons. The van der Waals surface area contributed by atoms with E-state index >= 15 is 0 Å². The molecule has 38 heavy (non-hydrogen) atoms. The van der Waals surface area contributed by atoms with E-state index in [2.05, 4.69) is 9.97 Å². The third-order valence-electron chi connectivity index (χ3n) is 6.69. The van der Waals surface area contributed by atoms with Gasteiger partial charge in [-0.25, -0.2) is 13.8 Å². The zero-order valence-electron chi connectivity index (χ0n) is 20.1. The summed E-state index contributed by atoms with van der Waals surface area (Å²) >= 11 is 0. The summed E-state index contributed by atoms with van der Waals surface area (Å²) in [4.78, 5) is 29.7. The fraction of sp³-hybridized carbons (Fsp3) is 0.320. The molecule has 1 saturated carbocycles.